The number of tetrazole rings is 1. The molecule has 2 rings (SSSR count). The Morgan fingerprint density at radius 2 is 2.10 bits per heavy atom. The lowest BCUT2D eigenvalue weighted by atomic mass is 9.83. The van der Waals surface area contributed by atoms with Crippen LogP contribution < -0.4 is 0 Å². The van der Waals surface area contributed by atoms with E-state index in [1.54, 1.807) is 0 Å². The molecule has 1 aromatic rings. The summed E-state index contributed by atoms with van der Waals surface area (Å²) in [6, 6.07) is -0.798. The van der Waals surface area contributed by atoms with Crippen LogP contribution in [0, 0.1) is 5.92 Å². The molecule has 0 aliphatic heterocycles. The van der Waals surface area contributed by atoms with Gasteiger partial charge in [-0.15, -0.1) is 5.10 Å². The average Bonchev–Trinajstić information content (AvgIpc) is 2.89. The van der Waals surface area contributed by atoms with Crippen molar-refractivity contribution in [3.63, 3.8) is 0 Å². The topological polar surface area (TPSA) is 63.9 Å². The smallest absolute Gasteiger partial charge is 0.341 e. The minimum absolute atomic E-state index is 0.0800. The number of aromatic nitrogens is 4. The predicted molar refractivity (Wildman–Crippen MR) is 62.4 cm³/mol. The quantitative estimate of drug-likeness (QED) is 0.841. The molecule has 112 valence electrons. The van der Waals surface area contributed by atoms with E-state index in [0.29, 0.717) is 19.3 Å². The molecule has 1 amide bonds. The van der Waals surface area contributed by atoms with Gasteiger partial charge in [-0.1, -0.05) is 12.8 Å². The van der Waals surface area contributed by atoms with Crippen LogP contribution in [0.1, 0.15) is 25.7 Å². The van der Waals surface area contributed by atoms with Gasteiger partial charge in [-0.25, -0.2) is 4.68 Å². The van der Waals surface area contributed by atoms with Gasteiger partial charge >= 0.3 is 6.18 Å². The molecule has 0 N–H and O–H groups in total. The molecule has 1 aromatic heterocycles. The van der Waals surface area contributed by atoms with E-state index in [1.807, 2.05) is 0 Å². The summed E-state index contributed by atoms with van der Waals surface area (Å²) in [4.78, 5) is 13.2. The predicted octanol–water partition coefficient (Wildman–Crippen LogP) is 1.25. The highest BCUT2D eigenvalue weighted by atomic mass is 19.4. The Labute approximate surface area is 113 Å². The van der Waals surface area contributed by atoms with E-state index in [4.69, 9.17) is 0 Å². The maximum atomic E-state index is 13.0. The first-order valence-corrected chi connectivity index (χ1v) is 6.42. The summed E-state index contributed by atoms with van der Waals surface area (Å²) >= 11 is 0. The number of carbonyl (C=O) groups is 1. The lowest BCUT2D eigenvalue weighted by Crippen LogP contribution is -2.49. The van der Waals surface area contributed by atoms with Crippen molar-refractivity contribution < 1.29 is 18.0 Å². The molecule has 20 heavy (non-hydrogen) atoms. The van der Waals surface area contributed by atoms with E-state index in [0.717, 1.165) is 0 Å². The minimum atomic E-state index is -4.27. The van der Waals surface area contributed by atoms with Gasteiger partial charge in [0.05, 0.1) is 5.92 Å². The van der Waals surface area contributed by atoms with E-state index in [2.05, 4.69) is 15.5 Å². The van der Waals surface area contributed by atoms with Gasteiger partial charge in [0.15, 0.2) is 0 Å². The molecule has 0 aromatic carbocycles. The van der Waals surface area contributed by atoms with Crippen molar-refractivity contribution in [3.8, 4) is 0 Å². The van der Waals surface area contributed by atoms with Crippen LogP contribution >= 0.6 is 0 Å². The molecule has 0 spiro atoms. The van der Waals surface area contributed by atoms with Gasteiger partial charge in [0.1, 0.15) is 12.9 Å². The molecular formula is C11H16F3N5O. The molecule has 9 heteroatoms. The first-order valence-electron chi connectivity index (χ1n) is 6.42. The zero-order valence-corrected chi connectivity index (χ0v) is 11.0. The van der Waals surface area contributed by atoms with Gasteiger partial charge in [0, 0.05) is 13.1 Å². The molecular weight excluding hydrogens is 275 g/mol. The standard InChI is InChI=1S/C11H16F3N5O/c1-18(10(20)6-19-7-15-16-17-19)9-5-3-2-4-8(9)11(12,13)14/h7-9H,2-6H2,1H3/t8-,9+/m1/s1. The van der Waals surface area contributed by atoms with Gasteiger partial charge in [-0.2, -0.15) is 13.2 Å². The third-order valence-corrected chi connectivity index (χ3v) is 3.73. The second kappa shape index (κ2) is 5.76. The van der Waals surface area contributed by atoms with E-state index < -0.39 is 24.0 Å². The summed E-state index contributed by atoms with van der Waals surface area (Å²) < 4.78 is 40.2. The Morgan fingerprint density at radius 3 is 2.70 bits per heavy atom. The molecule has 0 saturated heterocycles. The maximum Gasteiger partial charge on any atom is 0.393 e. The van der Waals surface area contributed by atoms with Crippen molar-refractivity contribution in [2.75, 3.05) is 7.05 Å². The highest BCUT2D eigenvalue weighted by Gasteiger charge is 2.47. The van der Waals surface area contributed by atoms with Crippen LogP contribution in [0.15, 0.2) is 6.33 Å². The Hall–Kier alpha value is -1.67. The van der Waals surface area contributed by atoms with Crippen molar-refractivity contribution in [2.45, 2.75) is 44.4 Å². The summed E-state index contributed by atoms with van der Waals surface area (Å²) in [7, 11) is 1.42. The van der Waals surface area contributed by atoms with Crippen molar-refractivity contribution in [3.05, 3.63) is 6.33 Å². The van der Waals surface area contributed by atoms with Gasteiger partial charge in [0.25, 0.3) is 0 Å². The number of carbonyl (C=O) groups excluding carboxylic acids is 1. The normalized spacial score (nSPS) is 23.6. The molecule has 0 bridgehead atoms. The van der Waals surface area contributed by atoms with E-state index in [-0.39, 0.29) is 13.0 Å². The summed E-state index contributed by atoms with van der Waals surface area (Å²) in [5, 5.41) is 10.3. The SMILES string of the molecule is CN(C(=O)Cn1cnnn1)[C@H]1CCCC[C@H]1C(F)(F)F. The number of alkyl halides is 3. The van der Waals surface area contributed by atoms with Crippen molar-refractivity contribution in [2.24, 2.45) is 5.92 Å². The highest BCUT2D eigenvalue weighted by molar-refractivity contribution is 5.76. The molecule has 0 radical (unpaired) electrons. The molecule has 1 aliphatic carbocycles. The summed E-state index contributed by atoms with van der Waals surface area (Å²) in [6.07, 6.45) is -1.30. The van der Waals surface area contributed by atoms with Crippen LogP contribution in [0.3, 0.4) is 0 Å². The van der Waals surface area contributed by atoms with E-state index >= 15 is 0 Å². The van der Waals surface area contributed by atoms with Crippen LogP contribution in [0.2, 0.25) is 0 Å². The average molecular weight is 291 g/mol. The first-order chi connectivity index (χ1) is 9.39. The maximum absolute atomic E-state index is 13.0. The van der Waals surface area contributed by atoms with Crippen LogP contribution in [-0.2, 0) is 11.3 Å². The largest absolute Gasteiger partial charge is 0.393 e. The van der Waals surface area contributed by atoms with Gasteiger partial charge in [-0.3, -0.25) is 4.79 Å². The molecule has 1 fully saturated rings. The number of amides is 1. The lowest BCUT2D eigenvalue weighted by molar-refractivity contribution is -0.199. The van der Waals surface area contributed by atoms with Gasteiger partial charge in [0.2, 0.25) is 5.91 Å². The second-order valence-electron chi connectivity index (χ2n) is 5.01. The van der Waals surface area contributed by atoms with Crippen LogP contribution in [0.25, 0.3) is 0 Å². The van der Waals surface area contributed by atoms with E-state index in [9.17, 15) is 18.0 Å². The summed E-state index contributed by atoms with van der Waals surface area (Å²) in [5.74, 6) is -1.86. The van der Waals surface area contributed by atoms with Crippen molar-refractivity contribution >= 4 is 5.91 Å². The van der Waals surface area contributed by atoms with E-state index in [1.165, 1.54) is 23.0 Å². The Kier molecular flexibility index (Phi) is 4.24. The van der Waals surface area contributed by atoms with Crippen LogP contribution in [0.4, 0.5) is 13.2 Å². The second-order valence-corrected chi connectivity index (χ2v) is 5.01. The summed E-state index contributed by atoms with van der Waals surface area (Å²) in [6.45, 7) is -0.148. The minimum Gasteiger partial charge on any atom is -0.341 e. The zero-order chi connectivity index (χ0) is 14.8. The van der Waals surface area contributed by atoms with Crippen molar-refractivity contribution in [1.29, 1.82) is 0 Å². The number of likely N-dealkylation sites (N-methyl/N-ethyl adjacent to an activating group) is 1. The number of halogens is 3. The molecule has 2 atom stereocenters. The zero-order valence-electron chi connectivity index (χ0n) is 11.0. The number of nitrogens with zero attached hydrogens (tertiary/aromatic N) is 5. The fourth-order valence-electron chi connectivity index (χ4n) is 2.64. The van der Waals surface area contributed by atoms with Crippen molar-refractivity contribution in [1.82, 2.24) is 25.1 Å². The fraction of sp³-hybridized carbons (Fsp3) is 0.818. The molecule has 1 aliphatic rings. The Bertz CT molecular complexity index is 447. The first kappa shape index (κ1) is 14.7. The molecule has 1 saturated carbocycles. The fourth-order valence-corrected chi connectivity index (χ4v) is 2.64. The monoisotopic (exact) mass is 291 g/mol. The number of hydrogen-bond acceptors (Lipinski definition) is 4. The third-order valence-electron chi connectivity index (χ3n) is 3.73. The molecule has 1 heterocycles. The Balaban J connectivity index is 2.05. The Morgan fingerprint density at radius 1 is 1.40 bits per heavy atom. The highest BCUT2D eigenvalue weighted by Crippen LogP contribution is 2.39. The third kappa shape index (κ3) is 3.26. The van der Waals surface area contributed by atoms with Gasteiger partial charge < -0.3 is 4.90 Å². The number of hydrogen-bond donors (Lipinski definition) is 0. The van der Waals surface area contributed by atoms with Gasteiger partial charge in [-0.05, 0) is 23.3 Å². The van der Waals surface area contributed by atoms with Crippen LogP contribution in [0.5, 0.6) is 0 Å². The molecule has 0 unspecified atom stereocenters. The lowest BCUT2D eigenvalue weighted by Gasteiger charge is -2.38. The number of rotatable bonds is 3. The molecule has 6 nitrogen and oxygen atoms in total. The summed E-state index contributed by atoms with van der Waals surface area (Å²) in [5.41, 5.74) is 0. The van der Waals surface area contributed by atoms with Crippen LogP contribution in [-0.4, -0.2) is 50.3 Å².